The zero-order valence-electron chi connectivity index (χ0n) is 9.19. The molecule has 3 aliphatic carbocycles. The number of aliphatic carboxylic acids is 1. The Labute approximate surface area is 94.4 Å². The lowest BCUT2D eigenvalue weighted by molar-refractivity contribution is -0.149. The minimum Gasteiger partial charge on any atom is -0.481 e. The molecule has 4 nitrogen and oxygen atoms in total. The van der Waals surface area contributed by atoms with E-state index in [9.17, 15) is 14.7 Å². The molecule has 0 saturated heterocycles. The van der Waals surface area contributed by atoms with Gasteiger partial charge in [-0.15, -0.1) is 0 Å². The summed E-state index contributed by atoms with van der Waals surface area (Å²) in [5.74, 6) is -0.873. The Morgan fingerprint density at radius 1 is 1.00 bits per heavy atom. The quantitative estimate of drug-likeness (QED) is 0.750. The zero-order chi connectivity index (χ0) is 11.3. The Morgan fingerprint density at radius 3 is 2.19 bits per heavy atom. The first-order valence-electron chi connectivity index (χ1n) is 6.20. The van der Waals surface area contributed by atoms with Gasteiger partial charge in [-0.3, -0.25) is 9.59 Å². The summed E-state index contributed by atoms with van der Waals surface area (Å²) in [5, 5.41) is 12.2. The van der Waals surface area contributed by atoms with E-state index in [-0.39, 0.29) is 17.7 Å². The Bertz CT molecular complexity index is 337. The largest absolute Gasteiger partial charge is 0.481 e. The van der Waals surface area contributed by atoms with Crippen molar-refractivity contribution in [3.8, 4) is 0 Å². The van der Waals surface area contributed by atoms with Gasteiger partial charge in [0.1, 0.15) is 0 Å². The van der Waals surface area contributed by atoms with E-state index in [1.807, 2.05) is 0 Å². The van der Waals surface area contributed by atoms with Crippen LogP contribution in [0, 0.1) is 23.7 Å². The lowest BCUT2D eigenvalue weighted by Gasteiger charge is -2.27. The topological polar surface area (TPSA) is 66.4 Å². The molecule has 0 spiro atoms. The van der Waals surface area contributed by atoms with Crippen molar-refractivity contribution >= 4 is 11.9 Å². The maximum Gasteiger partial charge on any atom is 0.307 e. The molecular formula is C12H17NO3. The summed E-state index contributed by atoms with van der Waals surface area (Å²) < 4.78 is 0. The number of hydrogen-bond acceptors (Lipinski definition) is 2. The number of rotatable bonds is 3. The van der Waals surface area contributed by atoms with Gasteiger partial charge in [-0.05, 0) is 43.9 Å². The molecule has 2 bridgehead atoms. The average Bonchev–Trinajstić information content (AvgIpc) is 2.81. The van der Waals surface area contributed by atoms with Gasteiger partial charge in [-0.2, -0.15) is 0 Å². The van der Waals surface area contributed by atoms with Gasteiger partial charge in [0.2, 0.25) is 5.91 Å². The third-order valence-corrected chi connectivity index (χ3v) is 4.43. The van der Waals surface area contributed by atoms with Crippen molar-refractivity contribution in [1.82, 2.24) is 5.32 Å². The number of nitrogens with one attached hydrogen (secondary N) is 1. The summed E-state index contributed by atoms with van der Waals surface area (Å²) in [6.07, 6.45) is 5.10. The molecule has 88 valence electrons. The molecule has 3 fully saturated rings. The molecule has 4 atom stereocenters. The maximum atomic E-state index is 12.0. The summed E-state index contributed by atoms with van der Waals surface area (Å²) >= 11 is 0. The van der Waals surface area contributed by atoms with Crippen molar-refractivity contribution in [1.29, 1.82) is 0 Å². The predicted octanol–water partition coefficient (Wildman–Crippen LogP) is 1.01. The molecule has 3 saturated carbocycles. The standard InChI is InChI=1S/C12H17NO3/c14-11(13-8-3-4-8)9-6-1-2-7(5-6)10(9)12(15)16/h6-10H,1-5H2,(H,13,14)(H,15,16)/t6-,7-,9+,10-/m0/s1. The molecule has 2 N–H and O–H groups in total. The first-order chi connectivity index (χ1) is 7.66. The van der Waals surface area contributed by atoms with Gasteiger partial charge in [0.15, 0.2) is 0 Å². The molecule has 4 heteroatoms. The number of carbonyl (C=O) groups excluding carboxylic acids is 1. The first-order valence-corrected chi connectivity index (χ1v) is 6.20. The molecule has 0 aromatic rings. The minimum atomic E-state index is -0.775. The van der Waals surface area contributed by atoms with E-state index in [0.29, 0.717) is 12.0 Å². The first kappa shape index (κ1) is 10.1. The Hall–Kier alpha value is -1.06. The fourth-order valence-corrected chi connectivity index (χ4v) is 3.55. The van der Waals surface area contributed by atoms with Crippen molar-refractivity contribution in [2.45, 2.75) is 38.1 Å². The third-order valence-electron chi connectivity index (χ3n) is 4.43. The molecule has 16 heavy (non-hydrogen) atoms. The molecule has 0 aliphatic heterocycles. The van der Waals surface area contributed by atoms with E-state index in [1.54, 1.807) is 0 Å². The van der Waals surface area contributed by atoms with Crippen LogP contribution < -0.4 is 5.32 Å². The molecule has 0 aromatic carbocycles. The van der Waals surface area contributed by atoms with Crippen molar-refractivity contribution in [2.75, 3.05) is 0 Å². The smallest absolute Gasteiger partial charge is 0.307 e. The van der Waals surface area contributed by atoms with Crippen LogP contribution in [0.15, 0.2) is 0 Å². The van der Waals surface area contributed by atoms with Crippen LogP contribution in [0.2, 0.25) is 0 Å². The predicted molar refractivity (Wildman–Crippen MR) is 56.6 cm³/mol. The number of hydrogen-bond donors (Lipinski definition) is 2. The fourth-order valence-electron chi connectivity index (χ4n) is 3.55. The Morgan fingerprint density at radius 2 is 1.62 bits per heavy atom. The normalized spacial score (nSPS) is 41.0. The SMILES string of the molecule is O=C(NC1CC1)[C@@H]1[C@H]2CC[C@@H](C2)[C@@H]1C(=O)O. The van der Waals surface area contributed by atoms with Gasteiger partial charge in [0, 0.05) is 6.04 Å². The van der Waals surface area contributed by atoms with Crippen molar-refractivity contribution < 1.29 is 14.7 Å². The van der Waals surface area contributed by atoms with Crippen LogP contribution in [0.3, 0.4) is 0 Å². The van der Waals surface area contributed by atoms with Crippen LogP contribution in [0.25, 0.3) is 0 Å². The lowest BCUT2D eigenvalue weighted by atomic mass is 9.78. The Balaban J connectivity index is 1.75. The average molecular weight is 223 g/mol. The molecule has 0 aromatic heterocycles. The van der Waals surface area contributed by atoms with Gasteiger partial charge in [0.05, 0.1) is 11.8 Å². The van der Waals surface area contributed by atoms with E-state index in [4.69, 9.17) is 0 Å². The molecule has 0 heterocycles. The third kappa shape index (κ3) is 1.51. The molecule has 0 radical (unpaired) electrons. The molecule has 1 amide bonds. The number of amides is 1. The van der Waals surface area contributed by atoms with Crippen molar-refractivity contribution in [2.24, 2.45) is 23.7 Å². The molecule has 3 aliphatic rings. The molecular weight excluding hydrogens is 206 g/mol. The van der Waals surface area contributed by atoms with Crippen LogP contribution in [0.1, 0.15) is 32.1 Å². The minimum absolute atomic E-state index is 0.00194. The van der Waals surface area contributed by atoms with Crippen molar-refractivity contribution in [3.63, 3.8) is 0 Å². The number of carbonyl (C=O) groups is 2. The highest BCUT2D eigenvalue weighted by molar-refractivity contribution is 5.86. The number of fused-ring (bicyclic) bond motifs is 2. The van der Waals surface area contributed by atoms with E-state index in [2.05, 4.69) is 5.32 Å². The highest BCUT2D eigenvalue weighted by Crippen LogP contribution is 2.52. The highest BCUT2D eigenvalue weighted by Gasteiger charge is 2.54. The summed E-state index contributed by atoms with van der Waals surface area (Å²) in [7, 11) is 0. The van der Waals surface area contributed by atoms with Gasteiger partial charge >= 0.3 is 5.97 Å². The lowest BCUT2D eigenvalue weighted by Crippen LogP contribution is -2.42. The van der Waals surface area contributed by atoms with Gasteiger partial charge < -0.3 is 10.4 Å². The summed E-state index contributed by atoms with van der Waals surface area (Å²) in [6, 6.07) is 0.334. The van der Waals surface area contributed by atoms with E-state index < -0.39 is 11.9 Å². The summed E-state index contributed by atoms with van der Waals surface area (Å²) in [5.41, 5.74) is 0. The fraction of sp³-hybridized carbons (Fsp3) is 0.833. The van der Waals surface area contributed by atoms with Crippen LogP contribution in [0.5, 0.6) is 0 Å². The van der Waals surface area contributed by atoms with Crippen LogP contribution >= 0.6 is 0 Å². The van der Waals surface area contributed by atoms with Crippen LogP contribution in [0.4, 0.5) is 0 Å². The van der Waals surface area contributed by atoms with E-state index in [0.717, 1.165) is 32.1 Å². The number of carboxylic acids is 1. The van der Waals surface area contributed by atoms with Crippen molar-refractivity contribution in [3.05, 3.63) is 0 Å². The zero-order valence-corrected chi connectivity index (χ0v) is 9.19. The van der Waals surface area contributed by atoms with Gasteiger partial charge in [0.25, 0.3) is 0 Å². The van der Waals surface area contributed by atoms with Gasteiger partial charge in [-0.25, -0.2) is 0 Å². The highest BCUT2D eigenvalue weighted by atomic mass is 16.4. The summed E-state index contributed by atoms with van der Waals surface area (Å²) in [6.45, 7) is 0. The summed E-state index contributed by atoms with van der Waals surface area (Å²) in [4.78, 5) is 23.3. The number of carboxylic acid groups (broad SMARTS) is 1. The van der Waals surface area contributed by atoms with E-state index in [1.165, 1.54) is 0 Å². The molecule has 0 unspecified atom stereocenters. The molecule has 3 rings (SSSR count). The van der Waals surface area contributed by atoms with Crippen LogP contribution in [-0.2, 0) is 9.59 Å². The van der Waals surface area contributed by atoms with E-state index >= 15 is 0 Å². The second-order valence-electron chi connectivity index (χ2n) is 5.51. The second kappa shape index (κ2) is 3.47. The monoisotopic (exact) mass is 223 g/mol. The van der Waals surface area contributed by atoms with Gasteiger partial charge in [-0.1, -0.05) is 0 Å². The second-order valence-corrected chi connectivity index (χ2v) is 5.51. The Kier molecular flexibility index (Phi) is 2.19. The maximum absolute atomic E-state index is 12.0. The van der Waals surface area contributed by atoms with Crippen LogP contribution in [-0.4, -0.2) is 23.0 Å².